The molecule has 0 amide bonds. The van der Waals surface area contributed by atoms with Crippen molar-refractivity contribution in [1.29, 1.82) is 0 Å². The summed E-state index contributed by atoms with van der Waals surface area (Å²) in [5.74, 6) is -1.04. The Hall–Kier alpha value is -3.12. The summed E-state index contributed by atoms with van der Waals surface area (Å²) in [5, 5.41) is 9.26. The summed E-state index contributed by atoms with van der Waals surface area (Å²) in [5.41, 5.74) is 2.31. The molecule has 3 aromatic rings. The van der Waals surface area contributed by atoms with E-state index in [-0.39, 0.29) is 22.9 Å². The van der Waals surface area contributed by atoms with Gasteiger partial charge < -0.3 is 5.11 Å². The number of nitrogens with zero attached hydrogens (tertiary/aromatic N) is 1. The number of benzene rings is 3. The molecular formula is C23H23NO4S. The number of carbonyl (C=O) groups is 1. The number of carboxylic acids is 1. The molecule has 3 aromatic carbocycles. The van der Waals surface area contributed by atoms with Crippen molar-refractivity contribution in [3.8, 4) is 11.1 Å². The van der Waals surface area contributed by atoms with Crippen LogP contribution in [-0.2, 0) is 10.0 Å². The standard InChI is InChI=1S/C23H23NO4S/c1-17(2)16-24(21-10-6-9-20(15-21)23(25)26)29(27,28)22-13-11-19(12-14-22)18-7-4-3-5-8-18/h3-15,17H,16H2,1-2H3,(H,25,26). The summed E-state index contributed by atoms with van der Waals surface area (Å²) in [4.78, 5) is 11.5. The van der Waals surface area contributed by atoms with E-state index in [0.29, 0.717) is 5.69 Å². The van der Waals surface area contributed by atoms with Gasteiger partial charge in [-0.1, -0.05) is 62.4 Å². The summed E-state index contributed by atoms with van der Waals surface area (Å²) in [6.07, 6.45) is 0. The van der Waals surface area contributed by atoms with Crippen LogP contribution < -0.4 is 4.31 Å². The lowest BCUT2D eigenvalue weighted by atomic mass is 10.1. The van der Waals surface area contributed by atoms with Crippen molar-refractivity contribution in [3.05, 3.63) is 84.4 Å². The number of anilines is 1. The Morgan fingerprint density at radius 2 is 1.52 bits per heavy atom. The molecule has 0 radical (unpaired) electrons. The van der Waals surface area contributed by atoms with Gasteiger partial charge in [-0.2, -0.15) is 0 Å². The zero-order valence-corrected chi connectivity index (χ0v) is 17.1. The molecule has 0 unspecified atom stereocenters. The molecule has 0 heterocycles. The SMILES string of the molecule is CC(C)CN(c1cccc(C(=O)O)c1)S(=O)(=O)c1ccc(-c2ccccc2)cc1. The third kappa shape index (κ3) is 4.66. The van der Waals surface area contributed by atoms with E-state index in [2.05, 4.69) is 0 Å². The van der Waals surface area contributed by atoms with Crippen molar-refractivity contribution < 1.29 is 18.3 Å². The third-order valence-corrected chi connectivity index (χ3v) is 6.27. The highest BCUT2D eigenvalue weighted by Crippen LogP contribution is 2.28. The van der Waals surface area contributed by atoms with Crippen molar-refractivity contribution >= 4 is 21.7 Å². The highest BCUT2D eigenvalue weighted by atomic mass is 32.2. The molecule has 1 N–H and O–H groups in total. The minimum absolute atomic E-state index is 0.0471. The van der Waals surface area contributed by atoms with Crippen molar-refractivity contribution in [1.82, 2.24) is 0 Å². The molecule has 29 heavy (non-hydrogen) atoms. The first-order chi connectivity index (χ1) is 13.8. The van der Waals surface area contributed by atoms with Crippen LogP contribution in [0.3, 0.4) is 0 Å². The molecule has 5 nitrogen and oxygen atoms in total. The second-order valence-electron chi connectivity index (χ2n) is 7.18. The number of sulfonamides is 1. The molecule has 0 aliphatic carbocycles. The van der Waals surface area contributed by atoms with E-state index in [4.69, 9.17) is 0 Å². The quantitative estimate of drug-likeness (QED) is 0.602. The maximum Gasteiger partial charge on any atom is 0.335 e. The Labute approximate surface area is 171 Å². The fourth-order valence-corrected chi connectivity index (χ4v) is 4.67. The lowest BCUT2D eigenvalue weighted by Crippen LogP contribution is -2.34. The van der Waals surface area contributed by atoms with Crippen LogP contribution in [0.2, 0.25) is 0 Å². The fraction of sp³-hybridized carbons (Fsp3) is 0.174. The zero-order chi connectivity index (χ0) is 21.0. The van der Waals surface area contributed by atoms with Gasteiger partial charge >= 0.3 is 5.97 Å². The van der Waals surface area contributed by atoms with Crippen LogP contribution in [0.25, 0.3) is 11.1 Å². The lowest BCUT2D eigenvalue weighted by Gasteiger charge is -2.26. The molecule has 0 saturated carbocycles. The maximum atomic E-state index is 13.4. The van der Waals surface area contributed by atoms with E-state index in [1.807, 2.05) is 44.2 Å². The fourth-order valence-electron chi connectivity index (χ4n) is 3.05. The van der Waals surface area contributed by atoms with Gasteiger partial charge in [-0.3, -0.25) is 4.31 Å². The molecule has 0 saturated heterocycles. The largest absolute Gasteiger partial charge is 0.478 e. The smallest absolute Gasteiger partial charge is 0.335 e. The molecule has 6 heteroatoms. The van der Waals surface area contributed by atoms with E-state index in [1.165, 1.54) is 16.4 Å². The van der Waals surface area contributed by atoms with E-state index < -0.39 is 16.0 Å². The van der Waals surface area contributed by atoms with Crippen LogP contribution in [0.4, 0.5) is 5.69 Å². The Bertz CT molecular complexity index is 1090. The number of aromatic carboxylic acids is 1. The molecule has 3 rings (SSSR count). The predicted octanol–water partition coefficient (Wildman–Crippen LogP) is 4.90. The van der Waals surface area contributed by atoms with Crippen molar-refractivity contribution in [2.24, 2.45) is 5.92 Å². The number of hydrogen-bond donors (Lipinski definition) is 1. The second kappa shape index (κ2) is 8.49. The van der Waals surface area contributed by atoms with Gasteiger partial charge in [0.25, 0.3) is 10.0 Å². The first-order valence-corrected chi connectivity index (χ1v) is 10.7. The van der Waals surface area contributed by atoms with Gasteiger partial charge in [0.2, 0.25) is 0 Å². The van der Waals surface area contributed by atoms with Crippen LogP contribution in [0.15, 0.2) is 83.8 Å². The van der Waals surface area contributed by atoms with Crippen LogP contribution in [0.5, 0.6) is 0 Å². The van der Waals surface area contributed by atoms with Gasteiger partial charge in [0.15, 0.2) is 0 Å². The van der Waals surface area contributed by atoms with Crippen molar-refractivity contribution in [2.75, 3.05) is 10.8 Å². The van der Waals surface area contributed by atoms with Gasteiger partial charge in [-0.15, -0.1) is 0 Å². The van der Waals surface area contributed by atoms with Crippen LogP contribution in [0.1, 0.15) is 24.2 Å². The minimum atomic E-state index is -3.85. The van der Waals surface area contributed by atoms with Gasteiger partial charge in [0.1, 0.15) is 0 Å². The van der Waals surface area contributed by atoms with Crippen LogP contribution in [0, 0.1) is 5.92 Å². The van der Waals surface area contributed by atoms with Crippen LogP contribution >= 0.6 is 0 Å². The average Bonchev–Trinajstić information content (AvgIpc) is 2.72. The summed E-state index contributed by atoms with van der Waals surface area (Å²) in [6.45, 7) is 4.08. The first-order valence-electron chi connectivity index (χ1n) is 9.30. The highest BCUT2D eigenvalue weighted by molar-refractivity contribution is 7.92. The Balaban J connectivity index is 2.01. The second-order valence-corrected chi connectivity index (χ2v) is 9.04. The molecule has 0 atom stereocenters. The number of carboxylic acid groups (broad SMARTS) is 1. The summed E-state index contributed by atoms with van der Waals surface area (Å²) in [6, 6.07) is 22.5. The summed E-state index contributed by atoms with van der Waals surface area (Å²) < 4.78 is 28.0. The van der Waals surface area contributed by atoms with E-state index in [9.17, 15) is 18.3 Å². The molecular weight excluding hydrogens is 386 g/mol. The Morgan fingerprint density at radius 1 is 0.897 bits per heavy atom. The zero-order valence-electron chi connectivity index (χ0n) is 16.3. The van der Waals surface area contributed by atoms with Gasteiger partial charge in [0, 0.05) is 6.54 Å². The number of rotatable bonds is 7. The Morgan fingerprint density at radius 3 is 2.10 bits per heavy atom. The molecule has 0 aliphatic rings. The highest BCUT2D eigenvalue weighted by Gasteiger charge is 2.26. The van der Waals surface area contributed by atoms with Gasteiger partial charge in [-0.05, 0) is 47.4 Å². The molecule has 0 bridgehead atoms. The molecule has 0 aromatic heterocycles. The van der Waals surface area contributed by atoms with Crippen molar-refractivity contribution in [3.63, 3.8) is 0 Å². The average molecular weight is 410 g/mol. The molecule has 0 spiro atoms. The number of hydrogen-bond acceptors (Lipinski definition) is 3. The third-order valence-electron chi connectivity index (χ3n) is 4.46. The Kier molecular flexibility index (Phi) is 6.03. The van der Waals surface area contributed by atoms with Gasteiger partial charge in [0.05, 0.1) is 16.1 Å². The lowest BCUT2D eigenvalue weighted by molar-refractivity contribution is 0.0697. The predicted molar refractivity (Wildman–Crippen MR) is 115 cm³/mol. The maximum absolute atomic E-state index is 13.4. The van der Waals surface area contributed by atoms with E-state index in [0.717, 1.165) is 11.1 Å². The molecule has 0 fully saturated rings. The normalized spacial score (nSPS) is 11.4. The van der Waals surface area contributed by atoms with Gasteiger partial charge in [-0.25, -0.2) is 13.2 Å². The van der Waals surface area contributed by atoms with Crippen LogP contribution in [-0.4, -0.2) is 26.0 Å². The summed E-state index contributed by atoms with van der Waals surface area (Å²) in [7, 11) is -3.85. The topological polar surface area (TPSA) is 74.7 Å². The van der Waals surface area contributed by atoms with E-state index >= 15 is 0 Å². The first kappa shape index (κ1) is 20.6. The molecule has 150 valence electrons. The summed E-state index contributed by atoms with van der Waals surface area (Å²) >= 11 is 0. The van der Waals surface area contributed by atoms with E-state index in [1.54, 1.807) is 36.4 Å². The molecule has 0 aliphatic heterocycles. The minimum Gasteiger partial charge on any atom is -0.478 e. The van der Waals surface area contributed by atoms with Crippen molar-refractivity contribution in [2.45, 2.75) is 18.7 Å². The monoisotopic (exact) mass is 409 g/mol.